The Hall–Kier alpha value is -1.61. The Balaban J connectivity index is 1.99. The van der Waals surface area contributed by atoms with Gasteiger partial charge in [0.15, 0.2) is 0 Å². The van der Waals surface area contributed by atoms with Gasteiger partial charge in [0, 0.05) is 17.7 Å². The van der Waals surface area contributed by atoms with Gasteiger partial charge in [-0.15, -0.1) is 0 Å². The van der Waals surface area contributed by atoms with Gasteiger partial charge in [0.05, 0.1) is 17.9 Å². The molecule has 106 valence electrons. The largest absolute Gasteiger partial charge is 0.313 e. The highest BCUT2D eigenvalue weighted by Gasteiger charge is 2.31. The second kappa shape index (κ2) is 5.80. The van der Waals surface area contributed by atoms with Gasteiger partial charge in [-0.1, -0.05) is 37.3 Å². The monoisotopic (exact) mass is 269 g/mol. The van der Waals surface area contributed by atoms with E-state index < -0.39 is 0 Å². The summed E-state index contributed by atoms with van der Waals surface area (Å²) in [6, 6.07) is 11.1. The molecule has 1 aliphatic carbocycles. The zero-order valence-electron chi connectivity index (χ0n) is 12.3. The van der Waals surface area contributed by atoms with Crippen molar-refractivity contribution in [2.24, 2.45) is 5.92 Å². The Morgan fingerprint density at radius 3 is 2.70 bits per heavy atom. The first-order valence-corrected chi connectivity index (χ1v) is 7.63. The van der Waals surface area contributed by atoms with Gasteiger partial charge in [-0.25, -0.2) is 0 Å². The van der Waals surface area contributed by atoms with Gasteiger partial charge in [-0.3, -0.25) is 4.68 Å². The van der Waals surface area contributed by atoms with Gasteiger partial charge >= 0.3 is 0 Å². The predicted octanol–water partition coefficient (Wildman–Crippen LogP) is 3.63. The van der Waals surface area contributed by atoms with Crippen LogP contribution in [0.1, 0.15) is 38.3 Å². The minimum Gasteiger partial charge on any atom is -0.313 e. The van der Waals surface area contributed by atoms with Crippen molar-refractivity contribution in [3.8, 4) is 11.3 Å². The van der Waals surface area contributed by atoms with Crippen molar-refractivity contribution in [1.82, 2.24) is 15.1 Å². The fourth-order valence-electron chi connectivity index (χ4n) is 2.79. The van der Waals surface area contributed by atoms with Crippen LogP contribution >= 0.6 is 0 Å². The minimum atomic E-state index is 0.501. The smallest absolute Gasteiger partial charge is 0.0730 e. The third-order valence-corrected chi connectivity index (χ3v) is 4.17. The number of hydrogen-bond donors (Lipinski definition) is 1. The molecule has 3 heteroatoms. The van der Waals surface area contributed by atoms with Gasteiger partial charge in [-0.2, -0.15) is 5.10 Å². The first kappa shape index (κ1) is 13.4. The molecule has 1 unspecified atom stereocenters. The quantitative estimate of drug-likeness (QED) is 0.868. The van der Waals surface area contributed by atoms with Gasteiger partial charge in [0.2, 0.25) is 0 Å². The molecule has 1 aromatic heterocycles. The van der Waals surface area contributed by atoms with Crippen LogP contribution in [0, 0.1) is 5.92 Å². The maximum absolute atomic E-state index is 4.68. The summed E-state index contributed by atoms with van der Waals surface area (Å²) in [4.78, 5) is 0. The number of rotatable bonds is 6. The van der Waals surface area contributed by atoms with E-state index in [1.54, 1.807) is 0 Å². The summed E-state index contributed by atoms with van der Waals surface area (Å²) in [5.74, 6) is 0.810. The summed E-state index contributed by atoms with van der Waals surface area (Å²) in [6.07, 6.45) is 4.72. The van der Waals surface area contributed by atoms with Crippen molar-refractivity contribution in [3.63, 3.8) is 0 Å². The SMILES string of the molecule is CCNCc1cnn(C(C)C2CC2)c1-c1ccccc1. The van der Waals surface area contributed by atoms with Crippen molar-refractivity contribution in [2.45, 2.75) is 39.3 Å². The first-order chi connectivity index (χ1) is 9.81. The standard InChI is InChI=1S/C17H23N3/c1-3-18-11-16-12-19-20(13(2)14-9-10-14)17(16)15-7-5-4-6-8-15/h4-8,12-14,18H,3,9-11H2,1-2H3. The normalized spacial score (nSPS) is 16.3. The number of nitrogens with one attached hydrogen (secondary N) is 1. The fraction of sp³-hybridized carbons (Fsp3) is 0.471. The topological polar surface area (TPSA) is 29.9 Å². The minimum absolute atomic E-state index is 0.501. The van der Waals surface area contributed by atoms with E-state index in [0.717, 1.165) is 19.0 Å². The van der Waals surface area contributed by atoms with Crippen LogP contribution in [0.2, 0.25) is 0 Å². The molecule has 0 saturated heterocycles. The van der Waals surface area contributed by atoms with E-state index in [1.165, 1.54) is 29.7 Å². The molecule has 3 rings (SSSR count). The second-order valence-corrected chi connectivity index (χ2v) is 5.69. The molecule has 1 saturated carbocycles. The average molecular weight is 269 g/mol. The highest BCUT2D eigenvalue weighted by atomic mass is 15.3. The van der Waals surface area contributed by atoms with Crippen LogP contribution < -0.4 is 5.32 Å². The molecule has 0 spiro atoms. The van der Waals surface area contributed by atoms with Crippen LogP contribution in [-0.4, -0.2) is 16.3 Å². The Labute approximate surface area is 121 Å². The van der Waals surface area contributed by atoms with Crippen LogP contribution in [-0.2, 0) is 6.54 Å². The molecule has 1 heterocycles. The second-order valence-electron chi connectivity index (χ2n) is 5.69. The van der Waals surface area contributed by atoms with Crippen molar-refractivity contribution < 1.29 is 0 Å². The summed E-state index contributed by atoms with van der Waals surface area (Å²) >= 11 is 0. The molecule has 1 N–H and O–H groups in total. The van der Waals surface area contributed by atoms with E-state index in [1.807, 2.05) is 6.20 Å². The fourth-order valence-corrected chi connectivity index (χ4v) is 2.79. The lowest BCUT2D eigenvalue weighted by atomic mass is 10.1. The third kappa shape index (κ3) is 2.63. The first-order valence-electron chi connectivity index (χ1n) is 7.63. The van der Waals surface area contributed by atoms with Gasteiger partial charge in [0.1, 0.15) is 0 Å². The van der Waals surface area contributed by atoms with Crippen molar-refractivity contribution in [2.75, 3.05) is 6.54 Å². The summed E-state index contributed by atoms with van der Waals surface area (Å²) in [6.45, 7) is 6.31. The van der Waals surface area contributed by atoms with Gasteiger partial charge in [0.25, 0.3) is 0 Å². The maximum Gasteiger partial charge on any atom is 0.0730 e. The van der Waals surface area contributed by atoms with Gasteiger partial charge in [-0.05, 0) is 32.2 Å². The number of nitrogens with zero attached hydrogens (tertiary/aromatic N) is 2. The maximum atomic E-state index is 4.68. The Kier molecular flexibility index (Phi) is 3.88. The van der Waals surface area contributed by atoms with E-state index in [-0.39, 0.29) is 0 Å². The third-order valence-electron chi connectivity index (χ3n) is 4.17. The van der Waals surface area contributed by atoms with Crippen LogP contribution in [0.4, 0.5) is 0 Å². The lowest BCUT2D eigenvalue weighted by Gasteiger charge is -2.16. The van der Waals surface area contributed by atoms with Crippen molar-refractivity contribution >= 4 is 0 Å². The summed E-state index contributed by atoms with van der Waals surface area (Å²) < 4.78 is 2.24. The summed E-state index contributed by atoms with van der Waals surface area (Å²) in [5, 5.41) is 8.10. The molecule has 1 aliphatic rings. The molecule has 2 aromatic rings. The Morgan fingerprint density at radius 2 is 2.05 bits per heavy atom. The lowest BCUT2D eigenvalue weighted by Crippen LogP contribution is -2.14. The van der Waals surface area contributed by atoms with E-state index in [0.29, 0.717) is 6.04 Å². The molecular formula is C17H23N3. The molecule has 0 bridgehead atoms. The van der Waals surface area contributed by atoms with E-state index in [9.17, 15) is 0 Å². The van der Waals surface area contributed by atoms with Crippen LogP contribution in [0.5, 0.6) is 0 Å². The number of aromatic nitrogens is 2. The zero-order chi connectivity index (χ0) is 13.9. The Morgan fingerprint density at radius 1 is 1.30 bits per heavy atom. The molecule has 1 aromatic carbocycles. The van der Waals surface area contributed by atoms with E-state index in [2.05, 4.69) is 59.3 Å². The lowest BCUT2D eigenvalue weighted by molar-refractivity contribution is 0.444. The van der Waals surface area contributed by atoms with Crippen LogP contribution in [0.3, 0.4) is 0 Å². The van der Waals surface area contributed by atoms with Crippen LogP contribution in [0.15, 0.2) is 36.5 Å². The van der Waals surface area contributed by atoms with E-state index >= 15 is 0 Å². The Bertz CT molecular complexity index is 555. The summed E-state index contributed by atoms with van der Waals surface area (Å²) in [5.41, 5.74) is 3.85. The van der Waals surface area contributed by atoms with Crippen molar-refractivity contribution in [3.05, 3.63) is 42.1 Å². The molecule has 0 aliphatic heterocycles. The molecule has 1 fully saturated rings. The van der Waals surface area contributed by atoms with E-state index in [4.69, 9.17) is 0 Å². The van der Waals surface area contributed by atoms with Crippen molar-refractivity contribution in [1.29, 1.82) is 0 Å². The molecule has 3 nitrogen and oxygen atoms in total. The average Bonchev–Trinajstić information content (AvgIpc) is 3.25. The van der Waals surface area contributed by atoms with Crippen LogP contribution in [0.25, 0.3) is 11.3 Å². The highest BCUT2D eigenvalue weighted by Crippen LogP contribution is 2.41. The molecule has 20 heavy (non-hydrogen) atoms. The summed E-state index contributed by atoms with van der Waals surface area (Å²) in [7, 11) is 0. The predicted molar refractivity (Wildman–Crippen MR) is 82.5 cm³/mol. The number of benzene rings is 1. The molecular weight excluding hydrogens is 246 g/mol. The molecule has 1 atom stereocenters. The molecule has 0 radical (unpaired) electrons. The number of hydrogen-bond acceptors (Lipinski definition) is 2. The molecule has 0 amide bonds. The van der Waals surface area contributed by atoms with Gasteiger partial charge < -0.3 is 5.32 Å². The highest BCUT2D eigenvalue weighted by molar-refractivity contribution is 5.63. The zero-order valence-corrected chi connectivity index (χ0v) is 12.3.